The van der Waals surface area contributed by atoms with Gasteiger partial charge in [-0.05, 0) is 41.5 Å². The molecule has 11 nitrogen and oxygen atoms in total. The fraction of sp³-hybridized carbons (Fsp3) is 0.632. The molecule has 172 valence electrons. The second kappa shape index (κ2) is 8.77. The van der Waals surface area contributed by atoms with Crippen molar-refractivity contribution in [1.82, 2.24) is 19.8 Å². The van der Waals surface area contributed by atoms with Gasteiger partial charge in [0.25, 0.3) is 5.56 Å². The van der Waals surface area contributed by atoms with Crippen LogP contribution >= 0.6 is 11.8 Å². The number of ether oxygens (including phenoxy) is 1. The Bertz CT molecular complexity index is 992. The van der Waals surface area contributed by atoms with Crippen molar-refractivity contribution in [2.24, 2.45) is 0 Å². The van der Waals surface area contributed by atoms with Crippen LogP contribution in [-0.4, -0.2) is 65.8 Å². The normalized spacial score (nSPS) is 20.4. The number of rotatable bonds is 5. The van der Waals surface area contributed by atoms with Gasteiger partial charge in [-0.15, -0.1) is 11.8 Å². The van der Waals surface area contributed by atoms with E-state index in [1.165, 1.54) is 24.9 Å². The molecule has 3 N–H and O–H groups in total. The number of amides is 2. The highest BCUT2D eigenvalue weighted by Gasteiger charge is 2.53. The van der Waals surface area contributed by atoms with Crippen LogP contribution in [0.3, 0.4) is 0 Å². The summed E-state index contributed by atoms with van der Waals surface area (Å²) in [5.74, 6) is -1.83. The maximum Gasteiger partial charge on any atom is 0.407 e. The fourth-order valence-electron chi connectivity index (χ4n) is 3.28. The molecule has 0 aromatic carbocycles. The second-order valence-corrected chi connectivity index (χ2v) is 10.6. The van der Waals surface area contributed by atoms with Crippen molar-refractivity contribution in [3.05, 3.63) is 32.6 Å². The smallest absolute Gasteiger partial charge is 0.407 e. The average Bonchev–Trinajstić information content (AvgIpc) is 2.87. The number of carboxylic acid groups (broad SMARTS) is 1. The number of aryl methyl sites for hydroxylation is 1. The third-order valence-corrected chi connectivity index (χ3v) is 6.02. The van der Waals surface area contributed by atoms with Gasteiger partial charge in [-0.25, -0.2) is 14.4 Å². The van der Waals surface area contributed by atoms with Crippen LogP contribution in [0.15, 0.2) is 15.8 Å². The molecule has 1 fully saturated rings. The Hall–Kier alpha value is -2.76. The summed E-state index contributed by atoms with van der Waals surface area (Å²) in [6.45, 7) is 9.50. The third kappa shape index (κ3) is 5.90. The maximum atomic E-state index is 13.1. The van der Waals surface area contributed by atoms with E-state index in [1.54, 1.807) is 34.6 Å². The van der Waals surface area contributed by atoms with E-state index in [0.29, 0.717) is 0 Å². The molecule has 0 radical (unpaired) electrons. The van der Waals surface area contributed by atoms with Gasteiger partial charge in [0.1, 0.15) is 18.2 Å². The van der Waals surface area contributed by atoms with Crippen LogP contribution in [-0.2, 0) is 20.9 Å². The lowest BCUT2D eigenvalue weighted by molar-refractivity contribution is -0.151. The number of carbonyl (C=O) groups excluding carboxylic acids is 2. The standard InChI is InChI=1S/C19H28N4O7S/c1-10-8-22(16(28)21-14(10)25)9-11(24)23-12(7-20-17(29)30-18(2,3)4)31-19(5,6)13(23)15(26)27/h8,12-13H,7,9H2,1-6H3,(H,20,29)(H,26,27)(H,21,25,28)/t12?,13-/m0/s1. The van der Waals surface area contributed by atoms with Crippen molar-refractivity contribution in [2.45, 2.75) is 69.9 Å². The first kappa shape index (κ1) is 24.5. The number of carbonyl (C=O) groups is 3. The third-order valence-electron chi connectivity index (χ3n) is 4.52. The van der Waals surface area contributed by atoms with E-state index < -0.39 is 57.5 Å². The van der Waals surface area contributed by atoms with Crippen LogP contribution in [0, 0.1) is 6.92 Å². The number of aromatic amines is 1. The topological polar surface area (TPSA) is 151 Å². The first-order valence-electron chi connectivity index (χ1n) is 9.61. The molecule has 0 bridgehead atoms. The van der Waals surface area contributed by atoms with Gasteiger partial charge in [-0.2, -0.15) is 0 Å². The highest BCUT2D eigenvalue weighted by atomic mass is 32.2. The number of nitrogens with zero attached hydrogens (tertiary/aromatic N) is 2. The Morgan fingerprint density at radius 3 is 2.45 bits per heavy atom. The number of thioether (sulfide) groups is 1. The maximum absolute atomic E-state index is 13.1. The van der Waals surface area contributed by atoms with Crippen molar-refractivity contribution < 1.29 is 24.2 Å². The molecule has 1 aliphatic heterocycles. The molecule has 31 heavy (non-hydrogen) atoms. The van der Waals surface area contributed by atoms with Crippen LogP contribution < -0.4 is 16.6 Å². The van der Waals surface area contributed by atoms with Crippen LogP contribution in [0.5, 0.6) is 0 Å². The summed E-state index contributed by atoms with van der Waals surface area (Å²) < 4.78 is 5.36. The van der Waals surface area contributed by atoms with Gasteiger partial charge in [0.2, 0.25) is 5.91 Å². The summed E-state index contributed by atoms with van der Waals surface area (Å²) in [5, 5.41) is 11.7. The Morgan fingerprint density at radius 1 is 1.29 bits per heavy atom. The van der Waals surface area contributed by atoms with E-state index in [1.807, 2.05) is 0 Å². The van der Waals surface area contributed by atoms with Gasteiger partial charge in [0.15, 0.2) is 0 Å². The van der Waals surface area contributed by atoms with Crippen molar-refractivity contribution in [2.75, 3.05) is 6.54 Å². The van der Waals surface area contributed by atoms with Crippen LogP contribution in [0.25, 0.3) is 0 Å². The van der Waals surface area contributed by atoms with Gasteiger partial charge in [-0.3, -0.25) is 19.1 Å². The van der Waals surface area contributed by atoms with E-state index in [0.717, 1.165) is 9.47 Å². The van der Waals surface area contributed by atoms with E-state index >= 15 is 0 Å². The first-order valence-corrected chi connectivity index (χ1v) is 10.5. The number of aliphatic carboxylic acids is 1. The van der Waals surface area contributed by atoms with Crippen LogP contribution in [0.2, 0.25) is 0 Å². The lowest BCUT2D eigenvalue weighted by Crippen LogP contribution is -2.54. The molecule has 2 atom stereocenters. The zero-order valence-electron chi connectivity index (χ0n) is 18.3. The Kier molecular flexibility index (Phi) is 6.94. The van der Waals surface area contributed by atoms with E-state index in [4.69, 9.17) is 4.74 Å². The number of alkyl carbamates (subject to hydrolysis) is 1. The molecule has 1 aliphatic rings. The molecule has 0 saturated carbocycles. The van der Waals surface area contributed by atoms with Crippen LogP contribution in [0.4, 0.5) is 4.79 Å². The molecule has 1 aromatic rings. The fourth-order valence-corrected chi connectivity index (χ4v) is 4.85. The second-order valence-electron chi connectivity index (χ2n) is 8.80. The predicted octanol–water partition coefficient (Wildman–Crippen LogP) is 0.503. The lowest BCUT2D eigenvalue weighted by atomic mass is 10.0. The Morgan fingerprint density at radius 2 is 1.90 bits per heavy atom. The van der Waals surface area contributed by atoms with E-state index in [2.05, 4.69) is 10.3 Å². The highest BCUT2D eigenvalue weighted by molar-refractivity contribution is 8.01. The van der Waals surface area contributed by atoms with Gasteiger partial charge in [0, 0.05) is 16.5 Å². The molecular weight excluding hydrogens is 428 g/mol. The zero-order chi connectivity index (χ0) is 23.7. The number of nitrogens with one attached hydrogen (secondary N) is 2. The number of H-pyrrole nitrogens is 1. The SMILES string of the molecule is Cc1cn(CC(=O)N2C(CNC(=O)OC(C)(C)C)SC(C)(C)[C@@H]2C(=O)O)c(=O)[nH]c1=O. The zero-order valence-corrected chi connectivity index (χ0v) is 19.2. The molecule has 0 spiro atoms. The first-order chi connectivity index (χ1) is 14.1. The minimum Gasteiger partial charge on any atom is -0.480 e. The Labute approximate surface area is 183 Å². The summed E-state index contributed by atoms with van der Waals surface area (Å²) in [6.07, 6.45) is 0.557. The van der Waals surface area contributed by atoms with E-state index in [-0.39, 0.29) is 12.1 Å². The van der Waals surface area contributed by atoms with Crippen LogP contribution in [0.1, 0.15) is 40.2 Å². The lowest BCUT2D eigenvalue weighted by Gasteiger charge is -2.30. The molecule has 0 aliphatic carbocycles. The van der Waals surface area contributed by atoms with Gasteiger partial charge >= 0.3 is 17.8 Å². The molecule has 1 saturated heterocycles. The number of aromatic nitrogens is 2. The molecule has 1 aromatic heterocycles. The van der Waals surface area contributed by atoms with Crippen molar-refractivity contribution >= 4 is 29.7 Å². The number of hydrogen-bond acceptors (Lipinski definition) is 7. The minimum atomic E-state index is -1.20. The minimum absolute atomic E-state index is 0.0436. The van der Waals surface area contributed by atoms with E-state index in [9.17, 15) is 29.1 Å². The van der Waals surface area contributed by atoms with Gasteiger partial charge in [0.05, 0.1) is 11.9 Å². The summed E-state index contributed by atoms with van der Waals surface area (Å²) in [4.78, 5) is 64.0. The molecule has 1 unspecified atom stereocenters. The predicted molar refractivity (Wildman–Crippen MR) is 114 cm³/mol. The average molecular weight is 457 g/mol. The molecule has 2 heterocycles. The van der Waals surface area contributed by atoms with Crippen molar-refractivity contribution in [3.63, 3.8) is 0 Å². The Balaban J connectivity index is 2.29. The number of hydrogen-bond donors (Lipinski definition) is 3. The molecule has 2 rings (SSSR count). The summed E-state index contributed by atoms with van der Waals surface area (Å²) in [6, 6.07) is -1.19. The largest absolute Gasteiger partial charge is 0.480 e. The van der Waals surface area contributed by atoms with Gasteiger partial charge in [-0.1, -0.05) is 0 Å². The summed E-state index contributed by atoms with van der Waals surface area (Å²) >= 11 is 1.23. The molecular formula is C19H28N4O7S. The quantitative estimate of drug-likeness (QED) is 0.580. The summed E-state index contributed by atoms with van der Waals surface area (Å²) in [7, 11) is 0. The van der Waals surface area contributed by atoms with Crippen molar-refractivity contribution in [1.29, 1.82) is 0 Å². The monoisotopic (exact) mass is 456 g/mol. The molecule has 2 amide bonds. The number of carboxylic acids is 1. The van der Waals surface area contributed by atoms with Crippen molar-refractivity contribution in [3.8, 4) is 0 Å². The highest BCUT2D eigenvalue weighted by Crippen LogP contribution is 2.44. The van der Waals surface area contributed by atoms with Gasteiger partial charge < -0.3 is 20.1 Å². The molecule has 12 heteroatoms. The summed E-state index contributed by atoms with van der Waals surface area (Å²) in [5.41, 5.74) is -1.81.